The minimum absolute atomic E-state index is 0.0368. The summed E-state index contributed by atoms with van der Waals surface area (Å²) in [6, 6.07) is 11.3. The molecule has 10 heteroatoms. The van der Waals surface area contributed by atoms with E-state index >= 15 is 0 Å². The number of aromatic nitrogens is 2. The topological polar surface area (TPSA) is 90.4 Å². The Morgan fingerprint density at radius 1 is 1.23 bits per heavy atom. The molecule has 1 amide bonds. The SMILES string of the molecule is CC(Oc1cc(-n2cnc3ccc(O)cc32)sc1C(N)=O)c1ccccc1C(F)(F)F. The first-order valence-electron chi connectivity index (χ1n) is 9.08. The van der Waals surface area contributed by atoms with Gasteiger partial charge < -0.3 is 15.6 Å². The van der Waals surface area contributed by atoms with Crippen LogP contribution in [0, 0.1) is 0 Å². The Hall–Kier alpha value is -3.53. The highest BCUT2D eigenvalue weighted by molar-refractivity contribution is 7.16. The van der Waals surface area contributed by atoms with Crippen molar-refractivity contribution >= 4 is 28.3 Å². The van der Waals surface area contributed by atoms with Crippen molar-refractivity contribution in [2.45, 2.75) is 19.2 Å². The third-order valence-electron chi connectivity index (χ3n) is 4.68. The van der Waals surface area contributed by atoms with Crippen LogP contribution in [-0.2, 0) is 6.18 Å². The molecule has 2 heterocycles. The van der Waals surface area contributed by atoms with E-state index in [1.807, 2.05) is 0 Å². The average Bonchev–Trinajstić information content (AvgIpc) is 3.31. The number of nitrogens with two attached hydrogens (primary N) is 1. The summed E-state index contributed by atoms with van der Waals surface area (Å²) in [6.07, 6.45) is -4.03. The number of primary amides is 1. The zero-order valence-electron chi connectivity index (χ0n) is 16.1. The van der Waals surface area contributed by atoms with E-state index in [4.69, 9.17) is 10.5 Å². The van der Waals surface area contributed by atoms with E-state index in [2.05, 4.69) is 4.98 Å². The van der Waals surface area contributed by atoms with Gasteiger partial charge in [-0.3, -0.25) is 9.36 Å². The molecule has 0 spiro atoms. The van der Waals surface area contributed by atoms with E-state index in [-0.39, 0.29) is 21.9 Å². The second-order valence-corrected chi connectivity index (χ2v) is 7.81. The standard InChI is InChI=1S/C21H16F3N3O3S/c1-11(13-4-2-3-5-14(13)21(22,23)24)30-17-9-18(31-19(17)20(25)29)27-10-26-15-7-6-12(28)8-16(15)27/h2-11,28H,1H3,(H2,25,29). The zero-order chi connectivity index (χ0) is 22.3. The van der Waals surface area contributed by atoms with E-state index in [0.29, 0.717) is 16.0 Å². The molecule has 0 saturated carbocycles. The van der Waals surface area contributed by atoms with Crippen LogP contribution in [0.15, 0.2) is 54.9 Å². The van der Waals surface area contributed by atoms with Crippen LogP contribution >= 0.6 is 11.3 Å². The molecule has 0 radical (unpaired) electrons. The number of ether oxygens (including phenoxy) is 1. The van der Waals surface area contributed by atoms with Gasteiger partial charge in [0, 0.05) is 17.7 Å². The summed E-state index contributed by atoms with van der Waals surface area (Å²) < 4.78 is 47.5. The highest BCUT2D eigenvalue weighted by Gasteiger charge is 2.35. The zero-order valence-corrected chi connectivity index (χ0v) is 16.9. The Morgan fingerprint density at radius 3 is 2.68 bits per heavy atom. The summed E-state index contributed by atoms with van der Waals surface area (Å²) in [7, 11) is 0. The maximum Gasteiger partial charge on any atom is 0.416 e. The predicted molar refractivity (Wildman–Crippen MR) is 110 cm³/mol. The van der Waals surface area contributed by atoms with E-state index < -0.39 is 23.8 Å². The lowest BCUT2D eigenvalue weighted by molar-refractivity contribution is -0.138. The second kappa shape index (κ2) is 7.62. The number of rotatable bonds is 5. The fourth-order valence-corrected chi connectivity index (χ4v) is 4.20. The lowest BCUT2D eigenvalue weighted by Crippen LogP contribution is -2.15. The monoisotopic (exact) mass is 447 g/mol. The number of nitrogens with zero attached hydrogens (tertiary/aromatic N) is 2. The number of alkyl halides is 3. The van der Waals surface area contributed by atoms with Gasteiger partial charge in [-0.2, -0.15) is 13.2 Å². The Bertz CT molecular complexity index is 1280. The van der Waals surface area contributed by atoms with Crippen molar-refractivity contribution in [3.8, 4) is 16.5 Å². The highest BCUT2D eigenvalue weighted by atomic mass is 32.1. The van der Waals surface area contributed by atoms with Gasteiger partial charge >= 0.3 is 6.18 Å². The largest absolute Gasteiger partial charge is 0.508 e. The van der Waals surface area contributed by atoms with E-state index in [9.17, 15) is 23.1 Å². The molecular weight excluding hydrogens is 431 g/mol. The number of benzene rings is 2. The van der Waals surface area contributed by atoms with Gasteiger partial charge in [0.15, 0.2) is 0 Å². The molecular formula is C21H16F3N3O3S. The van der Waals surface area contributed by atoms with Gasteiger partial charge in [0.05, 0.1) is 16.6 Å². The smallest absolute Gasteiger partial charge is 0.416 e. The predicted octanol–water partition coefficient (Wildman–Crippen LogP) is 5.05. The fourth-order valence-electron chi connectivity index (χ4n) is 3.28. The van der Waals surface area contributed by atoms with Crippen LogP contribution < -0.4 is 10.5 Å². The number of hydrogen-bond acceptors (Lipinski definition) is 5. The van der Waals surface area contributed by atoms with E-state index in [0.717, 1.165) is 17.4 Å². The van der Waals surface area contributed by atoms with Crippen molar-refractivity contribution in [3.63, 3.8) is 0 Å². The van der Waals surface area contributed by atoms with Crippen LogP contribution in [-0.4, -0.2) is 20.6 Å². The molecule has 160 valence electrons. The van der Waals surface area contributed by atoms with Crippen LogP contribution in [0.3, 0.4) is 0 Å². The van der Waals surface area contributed by atoms with Crippen LogP contribution in [0.5, 0.6) is 11.5 Å². The molecule has 0 aliphatic heterocycles. The first-order valence-corrected chi connectivity index (χ1v) is 9.89. The normalized spacial score (nSPS) is 12.8. The molecule has 0 aliphatic carbocycles. The molecule has 0 bridgehead atoms. The lowest BCUT2D eigenvalue weighted by Gasteiger charge is -2.19. The number of halogens is 3. The quantitative estimate of drug-likeness (QED) is 0.448. The van der Waals surface area contributed by atoms with E-state index in [1.54, 1.807) is 10.6 Å². The molecule has 31 heavy (non-hydrogen) atoms. The van der Waals surface area contributed by atoms with Gasteiger partial charge in [-0.1, -0.05) is 18.2 Å². The number of phenols is 1. The number of carbonyl (C=O) groups is 1. The first-order chi connectivity index (χ1) is 14.6. The molecule has 0 saturated heterocycles. The maximum absolute atomic E-state index is 13.4. The van der Waals surface area contributed by atoms with Gasteiger partial charge in [-0.05, 0) is 25.1 Å². The Labute approximate surface area is 178 Å². The Balaban J connectivity index is 1.74. The van der Waals surface area contributed by atoms with Crippen LogP contribution in [0.2, 0.25) is 0 Å². The summed E-state index contributed by atoms with van der Waals surface area (Å²) in [6.45, 7) is 1.47. The third kappa shape index (κ3) is 3.93. The molecule has 2 aromatic carbocycles. The van der Waals surface area contributed by atoms with Crippen LogP contribution in [0.1, 0.15) is 33.8 Å². The minimum atomic E-state index is -4.54. The molecule has 1 unspecified atom stereocenters. The molecule has 4 aromatic rings. The van der Waals surface area contributed by atoms with Crippen molar-refractivity contribution in [2.75, 3.05) is 0 Å². The lowest BCUT2D eigenvalue weighted by atomic mass is 10.0. The molecule has 3 N–H and O–H groups in total. The molecule has 0 fully saturated rings. The molecule has 4 rings (SSSR count). The van der Waals surface area contributed by atoms with Crippen molar-refractivity contribution in [3.05, 3.63) is 70.9 Å². The van der Waals surface area contributed by atoms with Crippen molar-refractivity contribution < 1.29 is 27.8 Å². The average molecular weight is 447 g/mol. The van der Waals surface area contributed by atoms with Gasteiger partial charge in [0.2, 0.25) is 0 Å². The third-order valence-corrected chi connectivity index (χ3v) is 5.82. The van der Waals surface area contributed by atoms with Gasteiger partial charge in [0.1, 0.15) is 33.8 Å². The Morgan fingerprint density at radius 2 is 1.97 bits per heavy atom. The molecule has 2 aromatic heterocycles. The summed E-state index contributed by atoms with van der Waals surface area (Å²) in [5.74, 6) is -0.663. The first kappa shape index (κ1) is 20.7. The number of fused-ring (bicyclic) bond motifs is 1. The van der Waals surface area contributed by atoms with Crippen LogP contribution in [0.4, 0.5) is 13.2 Å². The summed E-state index contributed by atoms with van der Waals surface area (Å²) in [4.78, 5) is 16.3. The maximum atomic E-state index is 13.4. The van der Waals surface area contributed by atoms with Gasteiger partial charge in [-0.25, -0.2) is 4.98 Å². The summed E-state index contributed by atoms with van der Waals surface area (Å²) >= 11 is 1.01. The molecule has 0 aliphatic rings. The van der Waals surface area contributed by atoms with Gasteiger partial charge in [-0.15, -0.1) is 11.3 Å². The van der Waals surface area contributed by atoms with Crippen molar-refractivity contribution in [1.82, 2.24) is 9.55 Å². The number of amides is 1. The Kier molecular flexibility index (Phi) is 5.10. The number of thiophene rings is 1. The number of aromatic hydroxyl groups is 1. The second-order valence-electron chi connectivity index (χ2n) is 6.77. The van der Waals surface area contributed by atoms with E-state index in [1.165, 1.54) is 49.6 Å². The van der Waals surface area contributed by atoms with Gasteiger partial charge in [0.25, 0.3) is 5.91 Å². The number of carbonyl (C=O) groups excluding carboxylic acids is 1. The fraction of sp³-hybridized carbons (Fsp3) is 0.143. The summed E-state index contributed by atoms with van der Waals surface area (Å²) in [5.41, 5.74) is 5.80. The molecule has 6 nitrogen and oxygen atoms in total. The number of imidazole rings is 1. The summed E-state index contributed by atoms with van der Waals surface area (Å²) in [5, 5.41) is 10.3. The van der Waals surface area contributed by atoms with Crippen LogP contribution in [0.25, 0.3) is 16.0 Å². The number of phenolic OH excluding ortho intramolecular Hbond substituents is 1. The highest BCUT2D eigenvalue weighted by Crippen LogP contribution is 2.39. The minimum Gasteiger partial charge on any atom is -0.508 e. The van der Waals surface area contributed by atoms with Crippen molar-refractivity contribution in [1.29, 1.82) is 0 Å². The number of hydrogen-bond donors (Lipinski definition) is 2. The molecule has 1 atom stereocenters. The van der Waals surface area contributed by atoms with Crippen molar-refractivity contribution in [2.24, 2.45) is 5.73 Å².